The van der Waals surface area contributed by atoms with Crippen LogP contribution in [-0.4, -0.2) is 128 Å². The molecule has 11 atom stereocenters. The quantitative estimate of drug-likeness (QED) is 0.184. The van der Waals surface area contributed by atoms with Gasteiger partial charge in [0, 0.05) is 12.1 Å². The molecular weight excluding hydrogens is 628 g/mol. The van der Waals surface area contributed by atoms with E-state index in [-0.39, 0.29) is 40.8 Å². The molecule has 47 heavy (non-hydrogen) atoms. The molecule has 0 spiro atoms. The number of aliphatic hydroxyl groups excluding tert-OH is 6. The van der Waals surface area contributed by atoms with Crippen LogP contribution in [0, 0.1) is 0 Å². The van der Waals surface area contributed by atoms with Crippen LogP contribution < -0.4 is 14.2 Å². The summed E-state index contributed by atoms with van der Waals surface area (Å²) < 4.78 is 33.1. The number of aliphatic hydroxyl groups is 6. The number of hydrogen-bond donors (Lipinski definition) is 8. The lowest BCUT2D eigenvalue weighted by Gasteiger charge is -2.42. The van der Waals surface area contributed by atoms with E-state index in [1.807, 2.05) is 0 Å². The minimum absolute atomic E-state index is 0.0457. The van der Waals surface area contributed by atoms with Gasteiger partial charge in [0.15, 0.2) is 23.6 Å². The van der Waals surface area contributed by atoms with Gasteiger partial charge in [0.1, 0.15) is 77.4 Å². The molecule has 16 heteroatoms. The second-order valence-electron chi connectivity index (χ2n) is 11.5. The average molecular weight is 669 g/mol. The number of methoxy groups -OCH3 is 1. The number of rotatable bonds is 7. The lowest BCUT2D eigenvalue weighted by molar-refractivity contribution is -0.318. The van der Waals surface area contributed by atoms with Crippen LogP contribution in [0.5, 0.6) is 28.7 Å². The van der Waals surface area contributed by atoms with E-state index in [0.717, 1.165) is 6.07 Å². The number of phenols is 2. The number of ether oxygens (including phenoxy) is 6. The molecule has 16 nitrogen and oxygen atoms in total. The lowest BCUT2D eigenvalue weighted by atomic mass is 9.95. The molecule has 0 radical (unpaired) electrons. The van der Waals surface area contributed by atoms with E-state index in [0.29, 0.717) is 5.56 Å². The van der Waals surface area contributed by atoms with Crippen molar-refractivity contribution in [2.24, 2.45) is 0 Å². The zero-order valence-corrected chi connectivity index (χ0v) is 26.0. The first-order valence-electron chi connectivity index (χ1n) is 14.7. The van der Waals surface area contributed by atoms with E-state index in [2.05, 4.69) is 0 Å². The van der Waals surface area contributed by atoms with Crippen LogP contribution in [0.1, 0.15) is 49.2 Å². The molecule has 2 fully saturated rings. The van der Waals surface area contributed by atoms with Gasteiger partial charge in [0.05, 0.1) is 26.2 Å². The zero-order chi connectivity index (χ0) is 34.7. The average Bonchev–Trinajstić information content (AvgIpc) is 3.01. The summed E-state index contributed by atoms with van der Waals surface area (Å²) in [6.07, 6.45) is -15.9. The SMILES string of the molecule is CC(C)=O.COc1ccc([C@@H]2CC(=O)c3c(O)cc(O[C@@H]4O[C@H](CO[C@@H]5O[C@@H](C)[C@H](O)[C@@H](O)[C@H]5O)[C@@H](O)[C@H](O)[C@H]4O)cc3O2)cc1O. The Kier molecular flexibility index (Phi) is 11.7. The molecular formula is C31H40O16. The van der Waals surface area contributed by atoms with E-state index < -0.39 is 85.7 Å². The van der Waals surface area contributed by atoms with Gasteiger partial charge in [-0.05, 0) is 38.5 Å². The standard InChI is InChI=1S/C28H34O15.C3H6O/c1-10-21(32)23(34)25(36)27(40-10)39-9-19-22(33)24(35)26(37)28(43-19)41-12-6-14(30)20-15(31)8-17(42-18(20)7-12)11-3-4-16(38-2)13(29)5-11;1-3(2)4/h3-7,10,17,19,21-30,32-37H,8-9H2,1-2H3;1-2H3/t10-,17-,19+,21-,22+,23+,24-,25+,26+,27+,28+;/m0./s1. The van der Waals surface area contributed by atoms with Gasteiger partial charge in [-0.3, -0.25) is 4.79 Å². The van der Waals surface area contributed by atoms with Gasteiger partial charge in [0.25, 0.3) is 0 Å². The van der Waals surface area contributed by atoms with Crippen molar-refractivity contribution >= 4 is 11.6 Å². The number of carbonyl (C=O) groups excluding carboxylic acids is 2. The van der Waals surface area contributed by atoms with Crippen LogP contribution in [0.25, 0.3) is 0 Å². The van der Waals surface area contributed by atoms with E-state index >= 15 is 0 Å². The Hall–Kier alpha value is -3.58. The molecule has 0 saturated carbocycles. The van der Waals surface area contributed by atoms with Crippen molar-refractivity contribution in [1.82, 2.24) is 0 Å². The molecule has 5 rings (SSSR count). The highest BCUT2D eigenvalue weighted by Gasteiger charge is 2.47. The molecule has 0 amide bonds. The highest BCUT2D eigenvalue weighted by atomic mass is 16.7. The zero-order valence-electron chi connectivity index (χ0n) is 26.0. The van der Waals surface area contributed by atoms with Crippen molar-refractivity contribution in [3.63, 3.8) is 0 Å². The van der Waals surface area contributed by atoms with Crippen LogP contribution in [0.15, 0.2) is 30.3 Å². The number of phenolic OH excluding ortho intramolecular Hbond substituents is 2. The molecule has 0 aliphatic carbocycles. The first-order valence-corrected chi connectivity index (χ1v) is 14.7. The number of hydrogen-bond acceptors (Lipinski definition) is 16. The smallest absolute Gasteiger partial charge is 0.229 e. The third-order valence-electron chi connectivity index (χ3n) is 7.70. The van der Waals surface area contributed by atoms with Gasteiger partial charge < -0.3 is 74.1 Å². The molecule has 0 bridgehead atoms. The molecule has 2 aromatic carbocycles. The summed E-state index contributed by atoms with van der Waals surface area (Å²) in [5.74, 6) is -0.832. The van der Waals surface area contributed by atoms with Crippen molar-refractivity contribution in [2.75, 3.05) is 13.7 Å². The third-order valence-corrected chi connectivity index (χ3v) is 7.70. The molecule has 0 aromatic heterocycles. The van der Waals surface area contributed by atoms with Crippen LogP contribution in [0.2, 0.25) is 0 Å². The van der Waals surface area contributed by atoms with Crippen LogP contribution >= 0.6 is 0 Å². The molecule has 8 N–H and O–H groups in total. The first kappa shape index (κ1) is 36.3. The van der Waals surface area contributed by atoms with Crippen molar-refractivity contribution in [1.29, 1.82) is 0 Å². The fourth-order valence-corrected chi connectivity index (χ4v) is 5.20. The van der Waals surface area contributed by atoms with Crippen molar-refractivity contribution in [3.8, 4) is 28.7 Å². The second-order valence-corrected chi connectivity index (χ2v) is 11.5. The number of aromatic hydroxyl groups is 2. The van der Waals surface area contributed by atoms with Crippen LogP contribution in [-0.2, 0) is 19.0 Å². The monoisotopic (exact) mass is 668 g/mol. The Bertz CT molecular complexity index is 1410. The Morgan fingerprint density at radius 1 is 0.851 bits per heavy atom. The van der Waals surface area contributed by atoms with Gasteiger partial charge >= 0.3 is 0 Å². The first-order chi connectivity index (χ1) is 22.1. The fraction of sp³-hybridized carbons (Fsp3) is 0.548. The molecule has 2 saturated heterocycles. The summed E-state index contributed by atoms with van der Waals surface area (Å²) in [7, 11) is 1.39. The molecule has 260 valence electrons. The van der Waals surface area contributed by atoms with E-state index in [1.54, 1.807) is 6.07 Å². The van der Waals surface area contributed by atoms with E-state index in [4.69, 9.17) is 28.4 Å². The molecule has 3 heterocycles. The Labute approximate surface area is 269 Å². The summed E-state index contributed by atoms with van der Waals surface area (Å²) in [6.45, 7) is 4.02. The molecule has 3 aliphatic heterocycles. The molecule has 2 aromatic rings. The highest BCUT2D eigenvalue weighted by molar-refractivity contribution is 6.02. The summed E-state index contributed by atoms with van der Waals surface area (Å²) in [5, 5.41) is 82.2. The maximum absolute atomic E-state index is 12.9. The fourth-order valence-electron chi connectivity index (χ4n) is 5.20. The summed E-state index contributed by atoms with van der Waals surface area (Å²) >= 11 is 0. The molecule has 0 unspecified atom stereocenters. The highest BCUT2D eigenvalue weighted by Crippen LogP contribution is 2.43. The topological polar surface area (TPSA) is 251 Å². The van der Waals surface area contributed by atoms with Gasteiger partial charge in [-0.1, -0.05) is 6.07 Å². The Balaban J connectivity index is 0.00000118. The van der Waals surface area contributed by atoms with Gasteiger partial charge in [-0.15, -0.1) is 0 Å². The van der Waals surface area contributed by atoms with E-state index in [9.17, 15) is 50.4 Å². The number of fused-ring (bicyclic) bond motifs is 1. The normalized spacial score (nSPS) is 33.5. The van der Waals surface area contributed by atoms with Gasteiger partial charge in [-0.25, -0.2) is 0 Å². The summed E-state index contributed by atoms with van der Waals surface area (Å²) in [5.41, 5.74) is 0.373. The summed E-state index contributed by atoms with van der Waals surface area (Å²) in [6, 6.07) is 6.90. The number of carbonyl (C=O) groups is 2. The Morgan fingerprint density at radius 3 is 2.13 bits per heavy atom. The second kappa shape index (κ2) is 15.1. The largest absolute Gasteiger partial charge is 0.507 e. The minimum atomic E-state index is -1.77. The lowest BCUT2D eigenvalue weighted by Crippen LogP contribution is -2.61. The molecule has 3 aliphatic rings. The van der Waals surface area contributed by atoms with Gasteiger partial charge in [-0.2, -0.15) is 0 Å². The maximum Gasteiger partial charge on any atom is 0.229 e. The van der Waals surface area contributed by atoms with Crippen molar-refractivity contribution in [2.45, 2.75) is 94.7 Å². The summed E-state index contributed by atoms with van der Waals surface area (Å²) in [4.78, 5) is 22.3. The number of benzene rings is 2. The Morgan fingerprint density at radius 2 is 1.49 bits per heavy atom. The predicted molar refractivity (Wildman–Crippen MR) is 157 cm³/mol. The van der Waals surface area contributed by atoms with E-state index in [1.165, 1.54) is 46.1 Å². The van der Waals surface area contributed by atoms with Gasteiger partial charge in [0.2, 0.25) is 6.29 Å². The number of ketones is 2. The predicted octanol–water partition coefficient (Wildman–Crippen LogP) is -0.561. The van der Waals surface area contributed by atoms with Crippen molar-refractivity contribution in [3.05, 3.63) is 41.5 Å². The van der Waals surface area contributed by atoms with Crippen molar-refractivity contribution < 1.29 is 78.9 Å². The number of Topliss-reactive ketones (excluding diaryl/α,β-unsaturated/α-hetero) is 2. The maximum atomic E-state index is 12.9. The van der Waals surface area contributed by atoms with Crippen LogP contribution in [0.4, 0.5) is 0 Å². The third kappa shape index (κ3) is 8.11. The van der Waals surface area contributed by atoms with Crippen LogP contribution in [0.3, 0.4) is 0 Å². The minimum Gasteiger partial charge on any atom is -0.507 e.